The van der Waals surface area contributed by atoms with Crippen LogP contribution in [0, 0.1) is 14.9 Å². The monoisotopic (exact) mass is 549 g/mol. The number of nitriles is 1. The first-order valence-corrected chi connectivity index (χ1v) is 10.4. The largest absolute Gasteiger partial charge is 0.488 e. The summed E-state index contributed by atoms with van der Waals surface area (Å²) in [5.41, 5.74) is 3.36. The van der Waals surface area contributed by atoms with Gasteiger partial charge in [-0.05, 0) is 86.1 Å². The summed E-state index contributed by atoms with van der Waals surface area (Å²) in [6.07, 6.45) is 1.87. The van der Waals surface area contributed by atoms with Crippen molar-refractivity contribution in [2.24, 2.45) is 0 Å². The van der Waals surface area contributed by atoms with Crippen LogP contribution in [0.1, 0.15) is 16.7 Å². The molecule has 2 nitrogen and oxygen atoms in total. The van der Waals surface area contributed by atoms with Gasteiger partial charge < -0.3 is 4.74 Å². The fourth-order valence-electron chi connectivity index (χ4n) is 2.47. The minimum absolute atomic E-state index is 0.388. The molecule has 0 aliphatic rings. The van der Waals surface area contributed by atoms with E-state index < -0.39 is 0 Å². The molecule has 0 aromatic heterocycles. The van der Waals surface area contributed by atoms with Crippen LogP contribution in [0.2, 0.25) is 5.02 Å². The van der Waals surface area contributed by atoms with Crippen molar-refractivity contribution in [2.45, 2.75) is 6.61 Å². The van der Waals surface area contributed by atoms with E-state index in [1.807, 2.05) is 72.8 Å². The standard InChI is InChI=1S/C22H14BrClINO/c23-20-12-15(11-18(13-26)16-6-8-19(25)9-7-16)5-10-22(20)27-14-17-3-1-2-4-21(17)24/h1-12H,14H2/b18-11-. The Balaban J connectivity index is 1.78. The van der Waals surface area contributed by atoms with Crippen LogP contribution in [0.25, 0.3) is 11.6 Å². The highest BCUT2D eigenvalue weighted by Crippen LogP contribution is 2.29. The molecular weight excluding hydrogens is 537 g/mol. The first-order chi connectivity index (χ1) is 13.1. The molecule has 0 radical (unpaired) electrons. The molecule has 3 aromatic carbocycles. The molecule has 0 saturated carbocycles. The van der Waals surface area contributed by atoms with Crippen LogP contribution in [-0.2, 0) is 6.61 Å². The summed E-state index contributed by atoms with van der Waals surface area (Å²) in [7, 11) is 0. The van der Waals surface area contributed by atoms with E-state index in [9.17, 15) is 5.26 Å². The maximum atomic E-state index is 9.50. The topological polar surface area (TPSA) is 33.0 Å². The minimum Gasteiger partial charge on any atom is -0.488 e. The van der Waals surface area contributed by atoms with Gasteiger partial charge >= 0.3 is 0 Å². The van der Waals surface area contributed by atoms with E-state index in [-0.39, 0.29) is 0 Å². The van der Waals surface area contributed by atoms with Crippen LogP contribution >= 0.6 is 50.1 Å². The van der Waals surface area contributed by atoms with E-state index in [4.69, 9.17) is 16.3 Å². The van der Waals surface area contributed by atoms with Crippen molar-refractivity contribution in [3.8, 4) is 11.8 Å². The smallest absolute Gasteiger partial charge is 0.134 e. The van der Waals surface area contributed by atoms with Crippen LogP contribution in [0.4, 0.5) is 0 Å². The fraction of sp³-hybridized carbons (Fsp3) is 0.0455. The SMILES string of the molecule is N#C/C(=C/c1ccc(OCc2ccccc2Cl)c(Br)c1)c1ccc(I)cc1. The summed E-state index contributed by atoms with van der Waals surface area (Å²) in [4.78, 5) is 0. The molecule has 0 unspecified atom stereocenters. The van der Waals surface area contributed by atoms with Crippen LogP contribution in [-0.4, -0.2) is 0 Å². The normalized spacial score (nSPS) is 11.1. The number of hydrogen-bond donors (Lipinski definition) is 0. The number of ether oxygens (including phenoxy) is 1. The average Bonchev–Trinajstić information content (AvgIpc) is 2.67. The quantitative estimate of drug-likeness (QED) is 0.189. The van der Waals surface area contributed by atoms with Crippen LogP contribution < -0.4 is 4.74 Å². The van der Waals surface area contributed by atoms with E-state index in [0.29, 0.717) is 17.2 Å². The molecule has 0 heterocycles. The van der Waals surface area contributed by atoms with Gasteiger partial charge in [-0.25, -0.2) is 0 Å². The van der Waals surface area contributed by atoms with Crippen molar-refractivity contribution < 1.29 is 4.74 Å². The van der Waals surface area contributed by atoms with Crippen molar-refractivity contribution in [2.75, 3.05) is 0 Å². The maximum Gasteiger partial charge on any atom is 0.134 e. The molecule has 0 atom stereocenters. The molecule has 0 spiro atoms. The zero-order valence-electron chi connectivity index (χ0n) is 14.1. The van der Waals surface area contributed by atoms with Gasteiger partial charge in [-0.1, -0.05) is 48.0 Å². The van der Waals surface area contributed by atoms with Crippen molar-refractivity contribution in [3.63, 3.8) is 0 Å². The number of benzene rings is 3. The Morgan fingerprint density at radius 1 is 1.11 bits per heavy atom. The number of hydrogen-bond acceptors (Lipinski definition) is 2. The molecule has 0 N–H and O–H groups in total. The second-order valence-corrected chi connectivity index (χ2v) is 8.25. The Morgan fingerprint density at radius 3 is 2.52 bits per heavy atom. The van der Waals surface area contributed by atoms with E-state index in [1.165, 1.54) is 0 Å². The van der Waals surface area contributed by atoms with Crippen molar-refractivity contribution in [1.82, 2.24) is 0 Å². The van der Waals surface area contributed by atoms with E-state index in [1.54, 1.807) is 0 Å². The highest BCUT2D eigenvalue weighted by molar-refractivity contribution is 14.1. The Bertz CT molecular complexity index is 1030. The molecule has 3 rings (SSSR count). The molecule has 3 aromatic rings. The highest BCUT2D eigenvalue weighted by Gasteiger charge is 2.06. The zero-order chi connectivity index (χ0) is 19.2. The molecule has 0 bridgehead atoms. The van der Waals surface area contributed by atoms with Gasteiger partial charge in [0.15, 0.2) is 0 Å². The molecule has 27 heavy (non-hydrogen) atoms. The zero-order valence-corrected chi connectivity index (χ0v) is 18.6. The minimum atomic E-state index is 0.388. The first-order valence-electron chi connectivity index (χ1n) is 8.10. The van der Waals surface area contributed by atoms with Gasteiger partial charge in [0, 0.05) is 14.2 Å². The lowest BCUT2D eigenvalue weighted by Gasteiger charge is -2.10. The number of nitrogens with zero attached hydrogens (tertiary/aromatic N) is 1. The van der Waals surface area contributed by atoms with E-state index in [2.05, 4.69) is 44.6 Å². The van der Waals surface area contributed by atoms with Gasteiger partial charge in [0.1, 0.15) is 12.4 Å². The van der Waals surface area contributed by atoms with Gasteiger partial charge in [-0.2, -0.15) is 5.26 Å². The van der Waals surface area contributed by atoms with Gasteiger partial charge in [0.2, 0.25) is 0 Å². The predicted molar refractivity (Wildman–Crippen MR) is 123 cm³/mol. The summed E-state index contributed by atoms with van der Waals surface area (Å²) in [6, 6.07) is 23.5. The molecule has 0 fully saturated rings. The summed E-state index contributed by atoms with van der Waals surface area (Å²) in [6.45, 7) is 0.388. The fourth-order valence-corrected chi connectivity index (χ4v) is 3.53. The third-order valence-electron chi connectivity index (χ3n) is 3.88. The Hall–Kier alpha value is -1.81. The second kappa shape index (κ2) is 9.41. The van der Waals surface area contributed by atoms with Crippen LogP contribution in [0.5, 0.6) is 5.75 Å². The summed E-state index contributed by atoms with van der Waals surface area (Å²) < 4.78 is 7.83. The molecule has 134 valence electrons. The number of halogens is 3. The van der Waals surface area contributed by atoms with Crippen molar-refractivity contribution in [3.05, 3.63) is 96.5 Å². The summed E-state index contributed by atoms with van der Waals surface area (Å²) in [5, 5.41) is 10.2. The molecule has 0 aliphatic carbocycles. The van der Waals surface area contributed by atoms with Gasteiger partial charge in [-0.3, -0.25) is 0 Å². The molecule has 0 aliphatic heterocycles. The Kier molecular flexibility index (Phi) is 6.95. The number of allylic oxidation sites excluding steroid dienone is 1. The van der Waals surface area contributed by atoms with Crippen molar-refractivity contribution >= 4 is 61.8 Å². The van der Waals surface area contributed by atoms with Gasteiger partial charge in [0.25, 0.3) is 0 Å². The summed E-state index contributed by atoms with van der Waals surface area (Å²) in [5.74, 6) is 0.722. The second-order valence-electron chi connectivity index (χ2n) is 5.75. The molecule has 5 heteroatoms. The molecule has 0 saturated heterocycles. The molecule has 0 amide bonds. The lowest BCUT2D eigenvalue weighted by Crippen LogP contribution is -1.97. The van der Waals surface area contributed by atoms with Gasteiger partial charge in [-0.15, -0.1) is 0 Å². The number of rotatable bonds is 5. The highest BCUT2D eigenvalue weighted by atomic mass is 127. The van der Waals surface area contributed by atoms with Gasteiger partial charge in [0.05, 0.1) is 16.1 Å². The van der Waals surface area contributed by atoms with Crippen LogP contribution in [0.15, 0.2) is 71.2 Å². The summed E-state index contributed by atoms with van der Waals surface area (Å²) >= 11 is 12.0. The van der Waals surface area contributed by atoms with E-state index >= 15 is 0 Å². The third kappa shape index (κ3) is 5.35. The Morgan fingerprint density at radius 2 is 1.85 bits per heavy atom. The maximum absolute atomic E-state index is 9.50. The lowest BCUT2D eigenvalue weighted by atomic mass is 10.0. The molecular formula is C22H14BrClINO. The Labute approximate surface area is 185 Å². The lowest BCUT2D eigenvalue weighted by molar-refractivity contribution is 0.304. The predicted octanol–water partition coefficient (Wildman–Crippen LogP) is 7.35. The van der Waals surface area contributed by atoms with E-state index in [0.717, 1.165) is 30.5 Å². The average molecular weight is 551 g/mol. The van der Waals surface area contributed by atoms with Crippen LogP contribution in [0.3, 0.4) is 0 Å². The first kappa shape index (κ1) is 19.9. The third-order valence-corrected chi connectivity index (χ3v) is 5.59. The van der Waals surface area contributed by atoms with Crippen molar-refractivity contribution in [1.29, 1.82) is 5.26 Å².